The van der Waals surface area contributed by atoms with Gasteiger partial charge in [0.15, 0.2) is 6.61 Å². The monoisotopic (exact) mass is 545 g/mol. The van der Waals surface area contributed by atoms with Crippen molar-refractivity contribution in [1.29, 1.82) is 0 Å². The first-order valence-electron chi connectivity index (χ1n) is 8.55. The summed E-state index contributed by atoms with van der Waals surface area (Å²) in [5.41, 5.74) is 0.791. The average molecular weight is 547 g/mol. The Morgan fingerprint density at radius 3 is 2.62 bits per heavy atom. The molecule has 0 fully saturated rings. The van der Waals surface area contributed by atoms with E-state index < -0.39 is 23.8 Å². The first kappa shape index (κ1) is 21.8. The Kier molecular flexibility index (Phi) is 6.97. The second-order valence-corrected chi connectivity index (χ2v) is 9.04. The van der Waals surface area contributed by atoms with Crippen LogP contribution in [0.3, 0.4) is 0 Å². The third-order valence-electron chi connectivity index (χ3n) is 4.41. The minimum absolute atomic E-state index is 0.207. The van der Waals surface area contributed by atoms with E-state index in [0.717, 1.165) is 9.35 Å². The second-order valence-electron chi connectivity index (χ2n) is 6.16. The number of hydrogen-bond acceptors (Lipinski definition) is 7. The Hall–Kier alpha value is -1.91. The van der Waals surface area contributed by atoms with Crippen molar-refractivity contribution in [1.82, 2.24) is 0 Å². The molecule has 1 aliphatic carbocycles. The molecule has 7 nitrogen and oxygen atoms in total. The molecule has 1 heterocycles. The summed E-state index contributed by atoms with van der Waals surface area (Å²) < 4.78 is 16.9. The number of thiophene rings is 1. The van der Waals surface area contributed by atoms with Crippen LogP contribution in [0.5, 0.6) is 5.75 Å². The van der Waals surface area contributed by atoms with Crippen molar-refractivity contribution >= 4 is 66.0 Å². The molecule has 154 valence electrons. The number of amides is 1. The van der Waals surface area contributed by atoms with Gasteiger partial charge >= 0.3 is 11.9 Å². The number of anilines is 1. The number of hydrogen-bond donors (Lipinski definition) is 1. The van der Waals surface area contributed by atoms with Gasteiger partial charge < -0.3 is 19.5 Å². The maximum Gasteiger partial charge on any atom is 0.341 e. The largest absolute Gasteiger partial charge is 0.483 e. The summed E-state index contributed by atoms with van der Waals surface area (Å²) in [5.74, 6) is -1.48. The number of fused-ring (bicyclic) bond motifs is 1. The van der Waals surface area contributed by atoms with E-state index in [1.54, 1.807) is 18.2 Å². The minimum Gasteiger partial charge on any atom is -0.483 e. The van der Waals surface area contributed by atoms with E-state index in [-0.39, 0.29) is 12.2 Å². The number of nitrogens with one attached hydrogen (secondary N) is 1. The van der Waals surface area contributed by atoms with Gasteiger partial charge in [-0.1, -0.05) is 15.9 Å². The molecule has 1 aromatic heterocycles. The van der Waals surface area contributed by atoms with Gasteiger partial charge in [-0.05, 0) is 52.5 Å². The maximum atomic E-state index is 12.4. The normalized spacial score (nSPS) is 14.8. The highest BCUT2D eigenvalue weighted by Gasteiger charge is 2.38. The lowest BCUT2D eigenvalue weighted by atomic mass is 9.99. The summed E-state index contributed by atoms with van der Waals surface area (Å²) in [6.45, 7) is -0.246. The van der Waals surface area contributed by atoms with Crippen molar-refractivity contribution in [2.45, 2.75) is 18.8 Å². The SMILES string of the molecule is COC(=O)c1c(NC(=O)COc2ccc(Br)cc2Br)sc2c1C(C(=O)OC)CC2. The smallest absolute Gasteiger partial charge is 0.341 e. The number of aryl methyl sites for hydroxylation is 1. The molecule has 0 radical (unpaired) electrons. The molecule has 1 aliphatic rings. The third kappa shape index (κ3) is 4.65. The molecule has 2 aromatic rings. The quantitative estimate of drug-likeness (QED) is 0.544. The van der Waals surface area contributed by atoms with E-state index in [9.17, 15) is 14.4 Å². The Morgan fingerprint density at radius 2 is 1.97 bits per heavy atom. The minimum atomic E-state index is -0.606. The molecular weight excluding hydrogens is 530 g/mol. The lowest BCUT2D eigenvalue weighted by Crippen LogP contribution is -2.22. The Labute approximate surface area is 188 Å². The van der Waals surface area contributed by atoms with E-state index in [0.29, 0.717) is 33.6 Å². The number of carbonyl (C=O) groups is 3. The summed E-state index contributed by atoms with van der Waals surface area (Å²) in [6.07, 6.45) is 1.19. The van der Waals surface area contributed by atoms with Crippen LogP contribution < -0.4 is 10.1 Å². The van der Waals surface area contributed by atoms with Crippen molar-refractivity contribution in [3.63, 3.8) is 0 Å². The zero-order chi connectivity index (χ0) is 21.1. The van der Waals surface area contributed by atoms with Crippen LogP contribution >= 0.6 is 43.2 Å². The third-order valence-corrected chi connectivity index (χ3v) is 6.71. The molecule has 1 atom stereocenters. The van der Waals surface area contributed by atoms with E-state index >= 15 is 0 Å². The number of rotatable bonds is 6. The van der Waals surface area contributed by atoms with Crippen LogP contribution in [0.1, 0.15) is 33.1 Å². The highest BCUT2D eigenvalue weighted by Crippen LogP contribution is 2.45. The van der Waals surface area contributed by atoms with E-state index in [2.05, 4.69) is 37.2 Å². The van der Waals surface area contributed by atoms with Gasteiger partial charge in [-0.15, -0.1) is 11.3 Å². The van der Waals surface area contributed by atoms with Crippen LogP contribution in [0.25, 0.3) is 0 Å². The summed E-state index contributed by atoms with van der Waals surface area (Å²) in [4.78, 5) is 37.8. The molecule has 0 aliphatic heterocycles. The maximum absolute atomic E-state index is 12.4. The zero-order valence-corrected chi connectivity index (χ0v) is 19.5. The van der Waals surface area contributed by atoms with Gasteiger partial charge in [0.1, 0.15) is 10.8 Å². The summed E-state index contributed by atoms with van der Waals surface area (Å²) in [5, 5.41) is 3.06. The lowest BCUT2D eigenvalue weighted by Gasteiger charge is -2.12. The van der Waals surface area contributed by atoms with Crippen LogP contribution in [0.4, 0.5) is 5.00 Å². The van der Waals surface area contributed by atoms with Crippen molar-refractivity contribution in [3.8, 4) is 5.75 Å². The highest BCUT2D eigenvalue weighted by atomic mass is 79.9. The van der Waals surface area contributed by atoms with Gasteiger partial charge in [-0.2, -0.15) is 0 Å². The summed E-state index contributed by atoms with van der Waals surface area (Å²) in [7, 11) is 2.57. The number of methoxy groups -OCH3 is 2. The Bertz CT molecular complexity index is 974. The average Bonchev–Trinajstić information content (AvgIpc) is 3.24. The summed E-state index contributed by atoms with van der Waals surface area (Å²) in [6, 6.07) is 5.32. The second kappa shape index (κ2) is 9.27. The van der Waals surface area contributed by atoms with Crippen molar-refractivity contribution in [3.05, 3.63) is 43.1 Å². The van der Waals surface area contributed by atoms with E-state index in [4.69, 9.17) is 14.2 Å². The van der Waals surface area contributed by atoms with Crippen molar-refractivity contribution < 1.29 is 28.6 Å². The topological polar surface area (TPSA) is 90.9 Å². The van der Waals surface area contributed by atoms with Crippen molar-refractivity contribution in [2.75, 3.05) is 26.1 Å². The van der Waals surface area contributed by atoms with Crippen LogP contribution in [0.15, 0.2) is 27.1 Å². The number of esters is 2. The molecule has 0 saturated heterocycles. The van der Waals surface area contributed by atoms with Gasteiger partial charge in [-0.3, -0.25) is 9.59 Å². The molecule has 29 heavy (non-hydrogen) atoms. The fraction of sp³-hybridized carbons (Fsp3) is 0.316. The van der Waals surface area contributed by atoms with E-state index in [1.807, 2.05) is 0 Å². The molecule has 1 N–H and O–H groups in total. The van der Waals surface area contributed by atoms with Gasteiger partial charge in [0.05, 0.1) is 30.2 Å². The van der Waals surface area contributed by atoms with Gasteiger partial charge in [0.2, 0.25) is 0 Å². The Balaban J connectivity index is 1.79. The number of ether oxygens (including phenoxy) is 3. The number of carbonyl (C=O) groups excluding carboxylic acids is 3. The molecular formula is C19H17Br2NO6S. The highest BCUT2D eigenvalue weighted by molar-refractivity contribution is 9.11. The van der Waals surface area contributed by atoms with Gasteiger partial charge in [0, 0.05) is 9.35 Å². The number of benzene rings is 1. The number of halogens is 2. The predicted molar refractivity (Wildman–Crippen MR) is 115 cm³/mol. The standard InChI is InChI=1S/C19H17Br2NO6S/c1-26-18(24)10-4-6-13-15(10)16(19(25)27-2)17(29-13)22-14(23)8-28-12-5-3-9(20)7-11(12)21/h3,5,7,10H,4,6,8H2,1-2H3,(H,22,23). The van der Waals surface area contributed by atoms with Crippen LogP contribution in [0.2, 0.25) is 0 Å². The molecule has 0 bridgehead atoms. The van der Waals surface area contributed by atoms with Gasteiger partial charge in [0.25, 0.3) is 5.91 Å². The van der Waals surface area contributed by atoms with Crippen molar-refractivity contribution in [2.24, 2.45) is 0 Å². The fourth-order valence-electron chi connectivity index (χ4n) is 3.13. The molecule has 10 heteroatoms. The zero-order valence-electron chi connectivity index (χ0n) is 15.5. The Morgan fingerprint density at radius 1 is 1.21 bits per heavy atom. The molecule has 0 saturated carbocycles. The first-order chi connectivity index (χ1) is 13.8. The summed E-state index contributed by atoms with van der Waals surface area (Å²) >= 11 is 7.99. The molecule has 3 rings (SSSR count). The predicted octanol–water partition coefficient (Wildman–Crippen LogP) is 4.28. The van der Waals surface area contributed by atoms with Gasteiger partial charge in [-0.25, -0.2) is 4.79 Å². The molecule has 1 unspecified atom stereocenters. The van der Waals surface area contributed by atoms with Crippen LogP contribution in [0, 0.1) is 0 Å². The molecule has 0 spiro atoms. The van der Waals surface area contributed by atoms with E-state index in [1.165, 1.54) is 25.6 Å². The van der Waals surface area contributed by atoms with Crippen LogP contribution in [-0.2, 0) is 25.5 Å². The first-order valence-corrected chi connectivity index (χ1v) is 10.9. The molecule has 1 amide bonds. The lowest BCUT2D eigenvalue weighted by molar-refractivity contribution is -0.142. The molecule has 1 aromatic carbocycles. The fourth-order valence-corrected chi connectivity index (χ4v) is 5.58. The van der Waals surface area contributed by atoms with Crippen LogP contribution in [-0.4, -0.2) is 38.7 Å².